The van der Waals surface area contributed by atoms with Crippen LogP contribution in [0, 0.1) is 29.6 Å². The molecule has 5 unspecified atom stereocenters. The van der Waals surface area contributed by atoms with E-state index in [9.17, 15) is 9.90 Å². The van der Waals surface area contributed by atoms with Crippen molar-refractivity contribution in [2.75, 3.05) is 25.7 Å². The van der Waals surface area contributed by atoms with E-state index in [0.717, 1.165) is 0 Å². The van der Waals surface area contributed by atoms with Crippen molar-refractivity contribution < 1.29 is 33.3 Å². The third-order valence-electron chi connectivity index (χ3n) is 9.55. The Morgan fingerprint density at radius 3 is 2.56 bits per heavy atom. The number of nitrogens with zero attached hydrogens (tertiary/aromatic N) is 1. The minimum atomic E-state index is -2.26. The molecule has 4 bridgehead atoms. The first-order chi connectivity index (χ1) is 19.2. The number of aliphatic hydroxyl groups is 1. The van der Waals surface area contributed by atoms with E-state index in [4.69, 9.17) is 23.4 Å². The van der Waals surface area contributed by atoms with Gasteiger partial charge in [-0.25, -0.2) is 4.79 Å². The number of epoxide rings is 1. The second kappa shape index (κ2) is 9.48. The van der Waals surface area contributed by atoms with Crippen LogP contribution < -0.4 is 9.33 Å². The van der Waals surface area contributed by atoms with Crippen LogP contribution in [0.4, 0.5) is 10.5 Å². The number of methoxy groups -OCH3 is 2. The molecule has 5 rings (SSSR count). The molecular formula is C32H39NO7Si. The molecule has 2 heterocycles. The molecule has 1 saturated heterocycles. The van der Waals surface area contributed by atoms with Gasteiger partial charge in [0.1, 0.15) is 24.0 Å². The molecule has 0 spiro atoms. The monoisotopic (exact) mass is 577 g/mol. The zero-order chi connectivity index (χ0) is 30.1. The van der Waals surface area contributed by atoms with Crippen LogP contribution in [0.5, 0.6) is 5.75 Å². The molecule has 1 N–H and O–H groups in total. The molecule has 9 heteroatoms. The van der Waals surface area contributed by atoms with Gasteiger partial charge in [-0.2, -0.15) is 0 Å². The van der Waals surface area contributed by atoms with Gasteiger partial charge in [-0.1, -0.05) is 64.0 Å². The van der Waals surface area contributed by atoms with Crippen molar-refractivity contribution in [1.29, 1.82) is 0 Å². The summed E-state index contributed by atoms with van der Waals surface area (Å²) in [5.74, 6) is 11.0. The topological polar surface area (TPSA) is 90.0 Å². The largest absolute Gasteiger partial charge is 0.543 e. The van der Waals surface area contributed by atoms with E-state index < -0.39 is 43.0 Å². The predicted octanol–water partition coefficient (Wildman–Crippen LogP) is 4.88. The molecule has 0 radical (unpaired) electrons. The number of ether oxygens (including phenoxy) is 4. The number of hydrogen-bond donors (Lipinski definition) is 1. The highest BCUT2D eigenvalue weighted by molar-refractivity contribution is 6.74. The number of anilines is 1. The molecule has 41 heavy (non-hydrogen) atoms. The van der Waals surface area contributed by atoms with Gasteiger partial charge < -0.3 is 28.5 Å². The van der Waals surface area contributed by atoms with Crippen LogP contribution in [0.2, 0.25) is 18.1 Å². The van der Waals surface area contributed by atoms with E-state index >= 15 is 0 Å². The molecule has 5 atom stereocenters. The molecule has 2 fully saturated rings. The van der Waals surface area contributed by atoms with Crippen molar-refractivity contribution in [3.05, 3.63) is 48.6 Å². The van der Waals surface area contributed by atoms with Crippen LogP contribution in [0.1, 0.15) is 39.7 Å². The lowest BCUT2D eigenvalue weighted by molar-refractivity contribution is -0.316. The van der Waals surface area contributed by atoms with Crippen LogP contribution in [0.3, 0.4) is 0 Å². The van der Waals surface area contributed by atoms with E-state index in [1.54, 1.807) is 18.2 Å². The highest BCUT2D eigenvalue weighted by Crippen LogP contribution is 2.77. The Balaban J connectivity index is 1.84. The van der Waals surface area contributed by atoms with Crippen LogP contribution in [-0.2, 0) is 24.5 Å². The van der Waals surface area contributed by atoms with Gasteiger partial charge in [0, 0.05) is 26.2 Å². The van der Waals surface area contributed by atoms with Gasteiger partial charge in [0.25, 0.3) is 0 Å². The highest BCUT2D eigenvalue weighted by atomic mass is 28.4. The molecule has 1 aromatic carbocycles. The molecule has 1 aromatic rings. The fraction of sp³-hybridized carbons (Fsp3) is 0.531. The predicted molar refractivity (Wildman–Crippen MR) is 158 cm³/mol. The molecule has 1 saturated carbocycles. The first-order valence-corrected chi connectivity index (χ1v) is 16.7. The van der Waals surface area contributed by atoms with Crippen molar-refractivity contribution >= 4 is 20.1 Å². The Morgan fingerprint density at radius 1 is 1.24 bits per heavy atom. The SMILES string of the molecule is C=CCOC(=O)N1c2ccc(O[Si](C)(C)C(C)(C)C)cc2C23OC24C(C)CC(OC)(OC)C3(O)C#CC=CC#CC14. The average molecular weight is 578 g/mol. The van der Waals surface area contributed by atoms with Crippen molar-refractivity contribution in [3.63, 3.8) is 0 Å². The van der Waals surface area contributed by atoms with Crippen molar-refractivity contribution in [1.82, 2.24) is 0 Å². The lowest BCUT2D eigenvalue weighted by atomic mass is 9.55. The lowest BCUT2D eigenvalue weighted by Gasteiger charge is -2.55. The molecular weight excluding hydrogens is 538 g/mol. The summed E-state index contributed by atoms with van der Waals surface area (Å²) in [5, 5.41) is 12.8. The zero-order valence-corrected chi connectivity index (χ0v) is 26.1. The number of carbonyl (C=O) groups excluding carboxylic acids is 1. The Labute approximate surface area is 243 Å². The molecule has 2 aliphatic carbocycles. The van der Waals surface area contributed by atoms with E-state index in [1.165, 1.54) is 25.2 Å². The van der Waals surface area contributed by atoms with Crippen molar-refractivity contribution in [2.45, 2.75) is 80.9 Å². The summed E-state index contributed by atoms with van der Waals surface area (Å²) in [4.78, 5) is 15.2. The van der Waals surface area contributed by atoms with Gasteiger partial charge in [-0.05, 0) is 54.4 Å². The van der Waals surface area contributed by atoms with Gasteiger partial charge in [0.2, 0.25) is 19.7 Å². The normalized spacial score (nSPS) is 32.2. The van der Waals surface area contributed by atoms with Crippen LogP contribution in [-0.4, -0.2) is 63.4 Å². The Kier molecular flexibility index (Phi) is 6.81. The van der Waals surface area contributed by atoms with Gasteiger partial charge in [0.15, 0.2) is 5.60 Å². The summed E-state index contributed by atoms with van der Waals surface area (Å²) in [6.45, 7) is 16.5. The van der Waals surface area contributed by atoms with Crippen molar-refractivity contribution in [2.24, 2.45) is 5.92 Å². The lowest BCUT2D eigenvalue weighted by Crippen LogP contribution is -2.73. The minimum absolute atomic E-state index is 0.0255. The summed E-state index contributed by atoms with van der Waals surface area (Å²) in [6, 6.07) is 4.69. The van der Waals surface area contributed by atoms with Gasteiger partial charge in [-0.15, -0.1) is 0 Å². The van der Waals surface area contributed by atoms with Gasteiger partial charge in [0.05, 0.1) is 5.69 Å². The summed E-state index contributed by atoms with van der Waals surface area (Å²) >= 11 is 0. The average Bonchev–Trinajstić information content (AvgIpc) is 3.65. The first-order valence-electron chi connectivity index (χ1n) is 13.8. The zero-order valence-electron chi connectivity index (χ0n) is 25.1. The van der Waals surface area contributed by atoms with E-state index in [-0.39, 0.29) is 24.0 Å². The quantitative estimate of drug-likeness (QED) is 0.169. The molecule has 8 nitrogen and oxygen atoms in total. The number of hydrogen-bond acceptors (Lipinski definition) is 7. The van der Waals surface area contributed by atoms with E-state index in [1.807, 2.05) is 19.1 Å². The third-order valence-corrected chi connectivity index (χ3v) is 13.9. The van der Waals surface area contributed by atoms with Crippen LogP contribution in [0.25, 0.3) is 0 Å². The Bertz CT molecular complexity index is 1440. The number of amides is 1. The number of rotatable bonds is 6. The standard InChI is InChI=1S/C32H39NO7Si/c1-10-19-38-27(34)33-25-17-16-23(39-41(8,9)28(3,4)5)20-24(25)32-29(35)18-14-12-11-13-15-26(33)31(32,40-32)22(2)21-30(29,36-6)37-7/h10-12,16-17,20,22,26,35H,1,19,21H2,2-9H3. The molecule has 2 aliphatic heterocycles. The number of benzene rings is 1. The van der Waals surface area contributed by atoms with Gasteiger partial charge in [-0.3, -0.25) is 4.90 Å². The molecule has 218 valence electrons. The smallest absolute Gasteiger partial charge is 0.415 e. The summed E-state index contributed by atoms with van der Waals surface area (Å²) < 4.78 is 31.1. The maximum Gasteiger partial charge on any atom is 0.415 e. The summed E-state index contributed by atoms with van der Waals surface area (Å²) in [5.41, 5.74) is -3.58. The van der Waals surface area contributed by atoms with E-state index in [2.05, 4.69) is 64.1 Å². The summed E-state index contributed by atoms with van der Waals surface area (Å²) in [7, 11) is 0.732. The maximum atomic E-state index is 13.7. The maximum absolute atomic E-state index is 13.7. The molecule has 1 amide bonds. The fourth-order valence-corrected chi connectivity index (χ4v) is 7.51. The van der Waals surface area contributed by atoms with E-state index in [0.29, 0.717) is 17.0 Å². The molecule has 0 aromatic heterocycles. The summed E-state index contributed by atoms with van der Waals surface area (Å²) in [6.07, 6.45) is 4.29. The second-order valence-electron chi connectivity index (χ2n) is 12.6. The minimum Gasteiger partial charge on any atom is -0.543 e. The third kappa shape index (κ3) is 3.73. The Hall–Kier alpha value is -3.05. The van der Waals surface area contributed by atoms with Crippen LogP contribution in [0.15, 0.2) is 43.0 Å². The molecule has 4 aliphatic rings. The fourth-order valence-electron chi connectivity index (χ4n) is 6.49. The van der Waals surface area contributed by atoms with Crippen LogP contribution >= 0.6 is 0 Å². The highest BCUT2D eigenvalue weighted by Gasteiger charge is 2.93. The Morgan fingerprint density at radius 2 is 1.93 bits per heavy atom. The number of carbonyl (C=O) groups is 1. The second-order valence-corrected chi connectivity index (χ2v) is 17.3. The number of allylic oxidation sites excluding steroid dienone is 2. The number of fused-ring (bicyclic) bond motifs is 1. The first kappa shape index (κ1) is 29.4. The van der Waals surface area contributed by atoms with Crippen molar-refractivity contribution in [3.8, 4) is 29.4 Å². The van der Waals surface area contributed by atoms with Gasteiger partial charge >= 0.3 is 6.09 Å².